The van der Waals surface area contributed by atoms with Crippen LogP contribution in [-0.2, 0) is 6.54 Å². The lowest BCUT2D eigenvalue weighted by atomic mass is 10.1. The van der Waals surface area contributed by atoms with Gasteiger partial charge < -0.3 is 9.88 Å². The Morgan fingerprint density at radius 2 is 2.24 bits per heavy atom. The van der Waals surface area contributed by atoms with E-state index in [9.17, 15) is 4.39 Å². The van der Waals surface area contributed by atoms with E-state index in [1.807, 2.05) is 24.6 Å². The van der Waals surface area contributed by atoms with Crippen LogP contribution < -0.4 is 5.32 Å². The molecule has 0 saturated carbocycles. The maximum absolute atomic E-state index is 13.3. The fraction of sp³-hybridized carbons (Fsp3) is 0.308. The Bertz CT molecular complexity index is 505. The van der Waals surface area contributed by atoms with Crippen LogP contribution in [0.25, 0.3) is 5.69 Å². The number of nitrogens with one attached hydrogen (secondary N) is 1. The van der Waals surface area contributed by atoms with Gasteiger partial charge in [-0.2, -0.15) is 0 Å². The van der Waals surface area contributed by atoms with Gasteiger partial charge in [0.15, 0.2) is 0 Å². The van der Waals surface area contributed by atoms with Crippen LogP contribution in [0.1, 0.15) is 18.3 Å². The summed E-state index contributed by atoms with van der Waals surface area (Å²) in [6.45, 7) is 5.47. The van der Waals surface area contributed by atoms with Crippen LogP contribution in [0, 0.1) is 12.7 Å². The molecule has 0 amide bonds. The summed E-state index contributed by atoms with van der Waals surface area (Å²) in [4.78, 5) is 4.19. The van der Waals surface area contributed by atoms with Gasteiger partial charge in [-0.25, -0.2) is 9.37 Å². The average Bonchev–Trinajstić information content (AvgIpc) is 2.73. The highest BCUT2D eigenvalue weighted by molar-refractivity contribution is 5.42. The smallest absolute Gasteiger partial charge is 0.123 e. The molecule has 17 heavy (non-hydrogen) atoms. The Kier molecular flexibility index (Phi) is 3.54. The van der Waals surface area contributed by atoms with Gasteiger partial charge in [0, 0.05) is 18.9 Å². The van der Waals surface area contributed by atoms with Gasteiger partial charge in [0.2, 0.25) is 0 Å². The summed E-state index contributed by atoms with van der Waals surface area (Å²) in [5.41, 5.74) is 1.91. The summed E-state index contributed by atoms with van der Waals surface area (Å²) >= 11 is 0. The Hall–Kier alpha value is -1.68. The Morgan fingerprint density at radius 3 is 2.88 bits per heavy atom. The molecule has 1 heterocycles. The van der Waals surface area contributed by atoms with Crippen molar-refractivity contribution in [1.82, 2.24) is 14.9 Å². The number of nitrogens with zero attached hydrogens (tertiary/aromatic N) is 2. The topological polar surface area (TPSA) is 29.9 Å². The molecule has 0 fully saturated rings. The molecule has 0 radical (unpaired) electrons. The van der Waals surface area contributed by atoms with Gasteiger partial charge >= 0.3 is 0 Å². The van der Waals surface area contributed by atoms with Crippen molar-refractivity contribution >= 4 is 0 Å². The zero-order valence-electron chi connectivity index (χ0n) is 10.1. The van der Waals surface area contributed by atoms with Crippen molar-refractivity contribution in [2.75, 3.05) is 6.54 Å². The number of hydrogen-bond donors (Lipinski definition) is 1. The first-order valence-electron chi connectivity index (χ1n) is 5.72. The Labute approximate surface area is 100 Å². The van der Waals surface area contributed by atoms with E-state index < -0.39 is 0 Å². The monoisotopic (exact) mass is 233 g/mol. The van der Waals surface area contributed by atoms with Gasteiger partial charge in [-0.05, 0) is 37.2 Å². The normalized spacial score (nSPS) is 10.8. The van der Waals surface area contributed by atoms with Crippen LogP contribution in [0.4, 0.5) is 4.39 Å². The molecule has 0 bridgehead atoms. The van der Waals surface area contributed by atoms with Crippen LogP contribution in [-0.4, -0.2) is 16.1 Å². The number of benzene rings is 1. The molecule has 0 unspecified atom stereocenters. The molecule has 90 valence electrons. The van der Waals surface area contributed by atoms with Crippen LogP contribution >= 0.6 is 0 Å². The largest absolute Gasteiger partial charge is 0.313 e. The number of rotatable bonds is 4. The molecule has 1 aromatic carbocycles. The molecular weight excluding hydrogens is 217 g/mol. The van der Waals surface area contributed by atoms with Crippen molar-refractivity contribution in [3.63, 3.8) is 0 Å². The van der Waals surface area contributed by atoms with E-state index in [2.05, 4.69) is 10.3 Å². The lowest BCUT2D eigenvalue weighted by Gasteiger charge is -2.12. The maximum atomic E-state index is 13.3. The average molecular weight is 233 g/mol. The third-order valence-corrected chi connectivity index (χ3v) is 2.69. The van der Waals surface area contributed by atoms with Crippen molar-refractivity contribution in [2.24, 2.45) is 0 Å². The number of halogens is 1. The minimum atomic E-state index is -0.209. The standard InChI is InChI=1S/C13H16FN3/c1-3-15-9-11-8-12(14)4-5-13(11)17-7-6-16-10(17)2/h4-8,15H,3,9H2,1-2H3. The van der Waals surface area contributed by atoms with E-state index in [0.717, 1.165) is 23.6 Å². The third-order valence-electron chi connectivity index (χ3n) is 2.69. The first-order chi connectivity index (χ1) is 8.22. The second kappa shape index (κ2) is 5.10. The third kappa shape index (κ3) is 2.53. The first-order valence-corrected chi connectivity index (χ1v) is 5.72. The second-order valence-electron chi connectivity index (χ2n) is 3.90. The van der Waals surface area contributed by atoms with Crippen molar-refractivity contribution in [3.8, 4) is 5.69 Å². The fourth-order valence-electron chi connectivity index (χ4n) is 1.82. The molecule has 0 aliphatic carbocycles. The van der Waals surface area contributed by atoms with Gasteiger partial charge in [0.25, 0.3) is 0 Å². The molecule has 2 aromatic rings. The summed E-state index contributed by atoms with van der Waals surface area (Å²) in [5, 5.41) is 3.21. The maximum Gasteiger partial charge on any atom is 0.123 e. The lowest BCUT2D eigenvalue weighted by Crippen LogP contribution is -2.14. The van der Waals surface area contributed by atoms with E-state index in [1.165, 1.54) is 6.07 Å². The minimum absolute atomic E-state index is 0.209. The van der Waals surface area contributed by atoms with Gasteiger partial charge in [-0.1, -0.05) is 6.92 Å². The molecule has 3 nitrogen and oxygen atoms in total. The highest BCUT2D eigenvalue weighted by Gasteiger charge is 2.07. The fourth-order valence-corrected chi connectivity index (χ4v) is 1.82. The lowest BCUT2D eigenvalue weighted by molar-refractivity contribution is 0.620. The summed E-state index contributed by atoms with van der Waals surface area (Å²) in [6.07, 6.45) is 3.63. The second-order valence-corrected chi connectivity index (χ2v) is 3.90. The van der Waals surface area contributed by atoms with Crippen LogP contribution in [0.2, 0.25) is 0 Å². The quantitative estimate of drug-likeness (QED) is 0.879. The Balaban J connectivity index is 2.42. The highest BCUT2D eigenvalue weighted by atomic mass is 19.1. The number of aromatic nitrogens is 2. The molecule has 1 N–H and O–H groups in total. The van der Waals surface area contributed by atoms with E-state index >= 15 is 0 Å². The van der Waals surface area contributed by atoms with Gasteiger partial charge in [0.05, 0.1) is 5.69 Å². The van der Waals surface area contributed by atoms with Crippen molar-refractivity contribution in [2.45, 2.75) is 20.4 Å². The molecule has 0 aliphatic heterocycles. The molecule has 0 atom stereocenters. The molecule has 0 aliphatic rings. The zero-order valence-corrected chi connectivity index (χ0v) is 10.1. The summed E-state index contributed by atoms with van der Waals surface area (Å²) in [7, 11) is 0. The molecule has 2 rings (SSSR count). The minimum Gasteiger partial charge on any atom is -0.313 e. The van der Waals surface area contributed by atoms with Gasteiger partial charge in [-0.15, -0.1) is 0 Å². The predicted octanol–water partition coefficient (Wildman–Crippen LogP) is 2.43. The van der Waals surface area contributed by atoms with Gasteiger partial charge in [-0.3, -0.25) is 0 Å². The number of hydrogen-bond acceptors (Lipinski definition) is 2. The first kappa shape index (κ1) is 11.8. The SMILES string of the molecule is CCNCc1cc(F)ccc1-n1ccnc1C. The number of imidazole rings is 1. The summed E-state index contributed by atoms with van der Waals surface area (Å²) < 4.78 is 15.2. The van der Waals surface area contributed by atoms with E-state index in [-0.39, 0.29) is 5.82 Å². The van der Waals surface area contributed by atoms with Crippen molar-refractivity contribution < 1.29 is 4.39 Å². The molecule has 0 saturated heterocycles. The Morgan fingerprint density at radius 1 is 1.41 bits per heavy atom. The van der Waals surface area contributed by atoms with Crippen LogP contribution in [0.3, 0.4) is 0 Å². The molecule has 4 heteroatoms. The summed E-state index contributed by atoms with van der Waals surface area (Å²) in [6, 6.07) is 4.83. The van der Waals surface area contributed by atoms with Crippen LogP contribution in [0.15, 0.2) is 30.6 Å². The molecule has 1 aromatic heterocycles. The van der Waals surface area contributed by atoms with Crippen molar-refractivity contribution in [1.29, 1.82) is 0 Å². The zero-order chi connectivity index (χ0) is 12.3. The number of aryl methyl sites for hydroxylation is 1. The van der Waals surface area contributed by atoms with E-state index in [1.54, 1.807) is 18.3 Å². The highest BCUT2D eigenvalue weighted by Crippen LogP contribution is 2.17. The van der Waals surface area contributed by atoms with Crippen molar-refractivity contribution in [3.05, 3.63) is 47.8 Å². The van der Waals surface area contributed by atoms with E-state index in [0.29, 0.717) is 6.54 Å². The van der Waals surface area contributed by atoms with E-state index in [4.69, 9.17) is 0 Å². The summed E-state index contributed by atoms with van der Waals surface area (Å²) in [5.74, 6) is 0.689. The van der Waals surface area contributed by atoms with Gasteiger partial charge in [0.1, 0.15) is 11.6 Å². The molecule has 0 spiro atoms. The molecular formula is C13H16FN3. The van der Waals surface area contributed by atoms with Crippen LogP contribution in [0.5, 0.6) is 0 Å². The predicted molar refractivity (Wildman–Crippen MR) is 65.6 cm³/mol.